The van der Waals surface area contributed by atoms with Crippen molar-refractivity contribution in [1.29, 1.82) is 0 Å². The summed E-state index contributed by atoms with van der Waals surface area (Å²) in [5.74, 6) is 2.63. The molecule has 4 heteroatoms. The molecule has 2 saturated carbocycles. The van der Waals surface area contributed by atoms with E-state index in [1.165, 1.54) is 50.0 Å². The smallest absolute Gasteiger partial charge is 0.133 e. The number of aromatic nitrogens is 2. The maximum atomic E-state index is 5.87. The van der Waals surface area contributed by atoms with Gasteiger partial charge in [0.2, 0.25) is 0 Å². The molecule has 0 bridgehead atoms. The second kappa shape index (κ2) is 5.25. The van der Waals surface area contributed by atoms with Gasteiger partial charge in [0.15, 0.2) is 0 Å². The number of hydrogen-bond acceptors (Lipinski definition) is 4. The van der Waals surface area contributed by atoms with Crippen LogP contribution in [0.5, 0.6) is 0 Å². The van der Waals surface area contributed by atoms with Gasteiger partial charge in [0.25, 0.3) is 0 Å². The lowest BCUT2D eigenvalue weighted by Gasteiger charge is -2.38. The topological polar surface area (TPSA) is 51.8 Å². The zero-order valence-electron chi connectivity index (χ0n) is 11.1. The van der Waals surface area contributed by atoms with Crippen LogP contribution in [0.1, 0.15) is 73.8 Å². The summed E-state index contributed by atoms with van der Waals surface area (Å²) in [6.45, 7) is 1.99. The lowest BCUT2D eigenvalue weighted by molar-refractivity contribution is 0.155. The number of nitrogens with two attached hydrogens (primary N) is 1. The fourth-order valence-corrected chi connectivity index (χ4v) is 4.64. The summed E-state index contributed by atoms with van der Waals surface area (Å²) < 4.78 is 0. The number of nitrogens with zero attached hydrogens (tertiary/aromatic N) is 2. The second-order valence-corrected chi connectivity index (χ2v) is 7.12. The summed E-state index contributed by atoms with van der Waals surface area (Å²) in [5, 5.41) is 10.9. The van der Waals surface area contributed by atoms with E-state index in [4.69, 9.17) is 5.73 Å². The van der Waals surface area contributed by atoms with Crippen molar-refractivity contribution in [3.8, 4) is 0 Å². The molecule has 18 heavy (non-hydrogen) atoms. The highest BCUT2D eigenvalue weighted by Gasteiger charge is 2.34. The van der Waals surface area contributed by atoms with Crippen LogP contribution in [0.2, 0.25) is 0 Å². The molecule has 3 nitrogen and oxygen atoms in total. The molecule has 2 aliphatic rings. The van der Waals surface area contributed by atoms with E-state index in [0.717, 1.165) is 16.8 Å². The van der Waals surface area contributed by atoms with Gasteiger partial charge in [-0.2, -0.15) is 0 Å². The molecule has 1 aromatic rings. The van der Waals surface area contributed by atoms with Gasteiger partial charge < -0.3 is 5.73 Å². The predicted octanol–water partition coefficient (Wildman–Crippen LogP) is 3.63. The molecule has 100 valence electrons. The minimum atomic E-state index is 0.0299. The second-order valence-electron chi connectivity index (χ2n) is 6.08. The van der Waals surface area contributed by atoms with Crippen molar-refractivity contribution in [1.82, 2.24) is 10.2 Å². The van der Waals surface area contributed by atoms with Gasteiger partial charge in [0.05, 0.1) is 6.04 Å². The van der Waals surface area contributed by atoms with E-state index in [-0.39, 0.29) is 6.04 Å². The van der Waals surface area contributed by atoms with Crippen LogP contribution in [-0.4, -0.2) is 10.2 Å². The first-order chi connectivity index (χ1) is 8.74. The predicted molar refractivity (Wildman–Crippen MR) is 74.6 cm³/mol. The molecule has 1 aromatic heterocycles. The van der Waals surface area contributed by atoms with E-state index in [1.807, 2.05) is 6.92 Å². The Hall–Kier alpha value is -0.480. The normalized spacial score (nSPS) is 34.0. The largest absolute Gasteiger partial charge is 0.322 e. The number of hydrogen-bond donors (Lipinski definition) is 1. The van der Waals surface area contributed by atoms with Crippen LogP contribution in [0.4, 0.5) is 0 Å². The Morgan fingerprint density at radius 2 is 1.89 bits per heavy atom. The van der Waals surface area contributed by atoms with E-state index in [9.17, 15) is 0 Å². The molecular formula is C14H23N3S. The minimum absolute atomic E-state index is 0.0299. The van der Waals surface area contributed by atoms with Gasteiger partial charge in [-0.15, -0.1) is 10.2 Å². The van der Waals surface area contributed by atoms with Crippen molar-refractivity contribution in [3.63, 3.8) is 0 Å². The summed E-state index contributed by atoms with van der Waals surface area (Å²) in [6.07, 6.45) is 9.88. The van der Waals surface area contributed by atoms with Gasteiger partial charge in [-0.1, -0.05) is 37.0 Å². The van der Waals surface area contributed by atoms with Crippen LogP contribution in [-0.2, 0) is 0 Å². The van der Waals surface area contributed by atoms with Gasteiger partial charge in [-0.05, 0) is 38.0 Å². The van der Waals surface area contributed by atoms with Crippen molar-refractivity contribution in [3.05, 3.63) is 10.0 Å². The monoisotopic (exact) mass is 265 g/mol. The molecule has 2 N–H and O–H groups in total. The van der Waals surface area contributed by atoms with E-state index in [2.05, 4.69) is 10.2 Å². The van der Waals surface area contributed by atoms with Crippen LogP contribution in [0, 0.1) is 11.8 Å². The third kappa shape index (κ3) is 2.45. The molecule has 0 aliphatic heterocycles. The molecule has 0 aromatic carbocycles. The van der Waals surface area contributed by atoms with E-state index < -0.39 is 0 Å². The Bertz CT molecular complexity index is 401. The van der Waals surface area contributed by atoms with Crippen molar-refractivity contribution in [2.45, 2.75) is 63.8 Å². The van der Waals surface area contributed by atoms with Crippen LogP contribution in [0.25, 0.3) is 0 Å². The fraction of sp³-hybridized carbons (Fsp3) is 0.857. The van der Waals surface area contributed by atoms with Crippen molar-refractivity contribution < 1.29 is 0 Å². The summed E-state index contributed by atoms with van der Waals surface area (Å²) in [7, 11) is 0. The maximum absolute atomic E-state index is 5.87. The van der Waals surface area contributed by atoms with Crippen LogP contribution in [0.3, 0.4) is 0 Å². The molecule has 0 spiro atoms. The van der Waals surface area contributed by atoms with E-state index in [1.54, 1.807) is 11.3 Å². The first kappa shape index (κ1) is 12.5. The van der Waals surface area contributed by atoms with Gasteiger partial charge in [0.1, 0.15) is 10.0 Å². The Kier molecular flexibility index (Phi) is 3.66. The molecule has 4 atom stereocenters. The summed E-state index contributed by atoms with van der Waals surface area (Å²) >= 11 is 1.74. The Morgan fingerprint density at radius 1 is 1.11 bits per heavy atom. The van der Waals surface area contributed by atoms with Crippen molar-refractivity contribution in [2.24, 2.45) is 17.6 Å². The minimum Gasteiger partial charge on any atom is -0.322 e. The van der Waals surface area contributed by atoms with E-state index in [0.29, 0.717) is 5.92 Å². The lowest BCUT2D eigenvalue weighted by Crippen LogP contribution is -2.26. The van der Waals surface area contributed by atoms with Gasteiger partial charge in [-0.25, -0.2) is 0 Å². The lowest BCUT2D eigenvalue weighted by atomic mass is 9.68. The molecule has 0 amide bonds. The number of fused-ring (bicyclic) bond motifs is 1. The molecule has 4 unspecified atom stereocenters. The molecule has 0 radical (unpaired) electrons. The first-order valence-corrected chi connectivity index (χ1v) is 8.14. The molecular weight excluding hydrogens is 242 g/mol. The summed E-state index contributed by atoms with van der Waals surface area (Å²) in [5.41, 5.74) is 5.87. The van der Waals surface area contributed by atoms with Crippen LogP contribution in [0.15, 0.2) is 0 Å². The average Bonchev–Trinajstić information content (AvgIpc) is 2.88. The SMILES string of the molecule is CC(N)c1nnc(C2CCC3CCCCC3C2)s1. The first-order valence-electron chi connectivity index (χ1n) is 7.33. The molecule has 1 heterocycles. The van der Waals surface area contributed by atoms with Crippen molar-refractivity contribution in [2.75, 3.05) is 0 Å². The van der Waals surface area contributed by atoms with Crippen LogP contribution >= 0.6 is 11.3 Å². The molecule has 2 aliphatic carbocycles. The highest BCUT2D eigenvalue weighted by Crippen LogP contribution is 2.46. The van der Waals surface area contributed by atoms with Crippen molar-refractivity contribution >= 4 is 11.3 Å². The Balaban J connectivity index is 1.69. The third-order valence-electron chi connectivity index (χ3n) is 4.73. The molecule has 2 fully saturated rings. The average molecular weight is 265 g/mol. The third-order valence-corrected chi connectivity index (χ3v) is 6.02. The fourth-order valence-electron chi connectivity index (χ4n) is 3.69. The van der Waals surface area contributed by atoms with E-state index >= 15 is 0 Å². The number of rotatable bonds is 2. The quantitative estimate of drug-likeness (QED) is 0.888. The highest BCUT2D eigenvalue weighted by atomic mass is 32.1. The molecule has 3 rings (SSSR count). The zero-order chi connectivity index (χ0) is 12.5. The zero-order valence-corrected chi connectivity index (χ0v) is 12.0. The maximum Gasteiger partial charge on any atom is 0.133 e. The standard InChI is InChI=1S/C14H23N3S/c1-9(15)13-16-17-14(18-13)12-7-6-10-4-2-3-5-11(10)8-12/h9-12H,2-8,15H2,1H3. The highest BCUT2D eigenvalue weighted by molar-refractivity contribution is 7.11. The Labute approximate surface area is 113 Å². The van der Waals surface area contributed by atoms with Crippen LogP contribution < -0.4 is 5.73 Å². The molecule has 0 saturated heterocycles. The Morgan fingerprint density at radius 3 is 2.61 bits per heavy atom. The van der Waals surface area contributed by atoms with Gasteiger partial charge >= 0.3 is 0 Å². The van der Waals surface area contributed by atoms with Gasteiger partial charge in [0, 0.05) is 5.92 Å². The summed E-state index contributed by atoms with van der Waals surface area (Å²) in [6, 6.07) is 0.0299. The summed E-state index contributed by atoms with van der Waals surface area (Å²) in [4.78, 5) is 0. The van der Waals surface area contributed by atoms with Gasteiger partial charge in [-0.3, -0.25) is 0 Å².